The predicted octanol–water partition coefficient (Wildman–Crippen LogP) is 2.44. The Morgan fingerprint density at radius 1 is 1.20 bits per heavy atom. The highest BCUT2D eigenvalue weighted by Crippen LogP contribution is 2.44. The molecule has 106 valence electrons. The molecule has 3 aliphatic rings. The molecule has 1 saturated carbocycles. The van der Waals surface area contributed by atoms with Crippen molar-refractivity contribution in [3.63, 3.8) is 0 Å². The average molecular weight is 291 g/mol. The zero-order valence-electron chi connectivity index (χ0n) is 11.2. The molecule has 20 heavy (non-hydrogen) atoms. The van der Waals surface area contributed by atoms with Gasteiger partial charge in [0.2, 0.25) is 5.91 Å². The van der Waals surface area contributed by atoms with Crippen molar-refractivity contribution in [3.05, 3.63) is 23.8 Å². The van der Waals surface area contributed by atoms with Crippen LogP contribution in [0.2, 0.25) is 0 Å². The Morgan fingerprint density at radius 3 is 2.80 bits per heavy atom. The number of benzene rings is 1. The summed E-state index contributed by atoms with van der Waals surface area (Å²) in [5.41, 5.74) is 1.14. The van der Waals surface area contributed by atoms with Crippen LogP contribution in [-0.2, 0) is 4.79 Å². The van der Waals surface area contributed by atoms with Gasteiger partial charge in [0.25, 0.3) is 0 Å². The second-order valence-corrected chi connectivity index (χ2v) is 6.62. The zero-order valence-corrected chi connectivity index (χ0v) is 12.0. The summed E-state index contributed by atoms with van der Waals surface area (Å²) in [4.78, 5) is 14.4. The quantitative estimate of drug-likeness (QED) is 0.839. The lowest BCUT2D eigenvalue weighted by molar-refractivity contribution is -0.132. The number of amides is 1. The largest absolute Gasteiger partial charge is 0.486 e. The first-order valence-corrected chi connectivity index (χ1v) is 8.19. The zero-order chi connectivity index (χ0) is 13.5. The minimum absolute atomic E-state index is 0.138. The monoisotopic (exact) mass is 291 g/mol. The Labute approximate surface area is 122 Å². The van der Waals surface area contributed by atoms with Crippen molar-refractivity contribution in [1.82, 2.24) is 4.90 Å². The van der Waals surface area contributed by atoms with Crippen LogP contribution < -0.4 is 9.47 Å². The van der Waals surface area contributed by atoms with E-state index in [1.165, 1.54) is 0 Å². The molecule has 1 amide bonds. The highest BCUT2D eigenvalue weighted by atomic mass is 32.2. The van der Waals surface area contributed by atoms with E-state index in [-0.39, 0.29) is 11.3 Å². The van der Waals surface area contributed by atoms with E-state index in [0.29, 0.717) is 19.1 Å². The number of hydrogen-bond acceptors (Lipinski definition) is 4. The SMILES string of the molecule is O=C(C1CC1)N1CCS[C@H]1c1ccc2c(c1)OCCO2. The van der Waals surface area contributed by atoms with Crippen LogP contribution in [0, 0.1) is 5.92 Å². The van der Waals surface area contributed by atoms with E-state index in [1.807, 2.05) is 28.8 Å². The number of carbonyl (C=O) groups excluding carboxylic acids is 1. The van der Waals surface area contributed by atoms with Gasteiger partial charge in [-0.2, -0.15) is 0 Å². The van der Waals surface area contributed by atoms with E-state index >= 15 is 0 Å². The lowest BCUT2D eigenvalue weighted by atomic mass is 10.1. The minimum Gasteiger partial charge on any atom is -0.486 e. The number of fused-ring (bicyclic) bond motifs is 1. The third kappa shape index (κ3) is 2.14. The first kappa shape index (κ1) is 12.4. The number of thioether (sulfide) groups is 1. The molecule has 0 aromatic heterocycles. The van der Waals surface area contributed by atoms with Gasteiger partial charge >= 0.3 is 0 Å². The molecule has 1 aromatic rings. The molecule has 1 aromatic carbocycles. The van der Waals surface area contributed by atoms with Gasteiger partial charge in [-0.25, -0.2) is 0 Å². The van der Waals surface area contributed by atoms with Gasteiger partial charge in [-0.15, -0.1) is 11.8 Å². The summed E-state index contributed by atoms with van der Waals surface area (Å²) < 4.78 is 11.2. The number of hydrogen-bond donors (Lipinski definition) is 0. The first-order chi connectivity index (χ1) is 9.83. The van der Waals surface area contributed by atoms with Gasteiger partial charge in [0, 0.05) is 18.2 Å². The maximum Gasteiger partial charge on any atom is 0.226 e. The van der Waals surface area contributed by atoms with Crippen LogP contribution in [0.4, 0.5) is 0 Å². The molecule has 2 aliphatic heterocycles. The standard InChI is InChI=1S/C15H17NO3S/c17-14(10-1-2-10)16-5-8-20-15(16)11-3-4-12-13(9-11)19-7-6-18-12/h3-4,9-10,15H,1-2,5-8H2/t15-/m0/s1. The number of nitrogens with zero attached hydrogens (tertiary/aromatic N) is 1. The van der Waals surface area contributed by atoms with Gasteiger partial charge in [-0.3, -0.25) is 4.79 Å². The van der Waals surface area contributed by atoms with E-state index in [9.17, 15) is 4.79 Å². The van der Waals surface area contributed by atoms with E-state index in [0.717, 1.165) is 42.2 Å². The summed E-state index contributed by atoms with van der Waals surface area (Å²) in [6, 6.07) is 6.05. The third-order valence-electron chi connectivity index (χ3n) is 3.95. The van der Waals surface area contributed by atoms with Gasteiger partial charge in [0.1, 0.15) is 18.6 Å². The molecular weight excluding hydrogens is 274 g/mol. The Balaban J connectivity index is 1.60. The fraction of sp³-hybridized carbons (Fsp3) is 0.533. The van der Waals surface area contributed by atoms with E-state index in [2.05, 4.69) is 6.07 Å². The molecule has 2 fully saturated rings. The molecule has 1 atom stereocenters. The maximum atomic E-state index is 12.3. The van der Waals surface area contributed by atoms with E-state index < -0.39 is 0 Å². The van der Waals surface area contributed by atoms with Crippen LogP contribution in [0.1, 0.15) is 23.8 Å². The molecule has 4 nitrogen and oxygen atoms in total. The Hall–Kier alpha value is -1.36. The predicted molar refractivity (Wildman–Crippen MR) is 77.1 cm³/mol. The van der Waals surface area contributed by atoms with Gasteiger partial charge in [-0.05, 0) is 30.5 Å². The lowest BCUT2D eigenvalue weighted by Gasteiger charge is -2.26. The molecule has 0 radical (unpaired) electrons. The maximum absolute atomic E-state index is 12.3. The number of carbonyl (C=O) groups is 1. The third-order valence-corrected chi connectivity index (χ3v) is 5.21. The fourth-order valence-corrected chi connectivity index (χ4v) is 4.00. The number of ether oxygens (including phenoxy) is 2. The van der Waals surface area contributed by atoms with Gasteiger partial charge < -0.3 is 14.4 Å². The summed E-state index contributed by atoms with van der Waals surface area (Å²) in [5.74, 6) is 3.24. The topological polar surface area (TPSA) is 38.8 Å². The van der Waals surface area contributed by atoms with Crippen molar-refractivity contribution in [1.29, 1.82) is 0 Å². The summed E-state index contributed by atoms with van der Waals surface area (Å²) in [5, 5.41) is 0.138. The van der Waals surface area contributed by atoms with Gasteiger partial charge in [-0.1, -0.05) is 6.07 Å². The van der Waals surface area contributed by atoms with Crippen molar-refractivity contribution in [2.24, 2.45) is 5.92 Å². The van der Waals surface area contributed by atoms with Crippen molar-refractivity contribution in [2.45, 2.75) is 18.2 Å². The van der Waals surface area contributed by atoms with Gasteiger partial charge in [0.05, 0.1) is 0 Å². The Bertz CT molecular complexity index is 544. The van der Waals surface area contributed by atoms with Crippen LogP contribution >= 0.6 is 11.8 Å². The van der Waals surface area contributed by atoms with Crippen LogP contribution in [0.15, 0.2) is 18.2 Å². The number of rotatable bonds is 2. The Kier molecular flexibility index (Phi) is 3.02. The van der Waals surface area contributed by atoms with Crippen molar-refractivity contribution in [2.75, 3.05) is 25.5 Å². The Morgan fingerprint density at radius 2 is 2.00 bits per heavy atom. The minimum atomic E-state index is 0.138. The summed E-state index contributed by atoms with van der Waals surface area (Å²) >= 11 is 1.84. The summed E-state index contributed by atoms with van der Waals surface area (Å²) in [7, 11) is 0. The molecule has 2 heterocycles. The highest BCUT2D eigenvalue weighted by molar-refractivity contribution is 7.99. The van der Waals surface area contributed by atoms with Crippen LogP contribution in [0.25, 0.3) is 0 Å². The fourth-order valence-electron chi connectivity index (χ4n) is 2.75. The average Bonchev–Trinajstić information content (AvgIpc) is 3.23. The molecule has 0 bridgehead atoms. The van der Waals surface area contributed by atoms with Gasteiger partial charge in [0.15, 0.2) is 11.5 Å². The van der Waals surface area contributed by atoms with Crippen molar-refractivity contribution < 1.29 is 14.3 Å². The molecule has 0 N–H and O–H groups in total. The highest BCUT2D eigenvalue weighted by Gasteiger charge is 2.39. The molecule has 4 rings (SSSR count). The van der Waals surface area contributed by atoms with Crippen LogP contribution in [-0.4, -0.2) is 36.3 Å². The van der Waals surface area contributed by atoms with Crippen molar-refractivity contribution >= 4 is 17.7 Å². The normalized spacial score (nSPS) is 24.8. The molecule has 5 heteroatoms. The molecule has 0 unspecified atom stereocenters. The first-order valence-electron chi connectivity index (χ1n) is 7.14. The molecular formula is C15H17NO3S. The smallest absolute Gasteiger partial charge is 0.226 e. The lowest BCUT2D eigenvalue weighted by Crippen LogP contribution is -2.31. The van der Waals surface area contributed by atoms with E-state index in [4.69, 9.17) is 9.47 Å². The second kappa shape index (κ2) is 4.88. The second-order valence-electron chi connectivity index (χ2n) is 5.43. The molecule has 1 saturated heterocycles. The summed E-state index contributed by atoms with van der Waals surface area (Å²) in [6.07, 6.45) is 2.13. The van der Waals surface area contributed by atoms with Crippen LogP contribution in [0.3, 0.4) is 0 Å². The van der Waals surface area contributed by atoms with Crippen molar-refractivity contribution in [3.8, 4) is 11.5 Å². The molecule has 1 aliphatic carbocycles. The molecule has 0 spiro atoms. The summed E-state index contributed by atoms with van der Waals surface area (Å²) in [6.45, 7) is 2.06. The van der Waals surface area contributed by atoms with Crippen LogP contribution in [0.5, 0.6) is 11.5 Å². The van der Waals surface area contributed by atoms with E-state index in [1.54, 1.807) is 0 Å².